The lowest BCUT2D eigenvalue weighted by atomic mass is 9.95. The number of nitrogens with zero attached hydrogens (tertiary/aromatic N) is 5. The van der Waals surface area contributed by atoms with Crippen molar-refractivity contribution in [2.75, 3.05) is 46.3 Å². The van der Waals surface area contributed by atoms with Crippen molar-refractivity contribution in [3.63, 3.8) is 0 Å². The number of piperidine rings is 1. The first kappa shape index (κ1) is 16.3. The topological polar surface area (TPSA) is 52.6 Å². The van der Waals surface area contributed by atoms with E-state index in [9.17, 15) is 4.79 Å². The van der Waals surface area contributed by atoms with Crippen molar-refractivity contribution in [2.24, 2.45) is 5.92 Å². The zero-order chi connectivity index (χ0) is 16.2. The molecule has 0 aromatic carbocycles. The van der Waals surface area contributed by atoms with Gasteiger partial charge in [0.25, 0.3) is 5.91 Å². The van der Waals surface area contributed by atoms with E-state index < -0.39 is 0 Å². The first-order chi connectivity index (χ1) is 11.1. The molecule has 0 radical (unpaired) electrons. The van der Waals surface area contributed by atoms with Crippen LogP contribution in [0.15, 0.2) is 18.6 Å². The van der Waals surface area contributed by atoms with Crippen LogP contribution < -0.4 is 0 Å². The molecule has 0 bridgehead atoms. The third-order valence-electron chi connectivity index (χ3n) is 5.14. The molecule has 23 heavy (non-hydrogen) atoms. The molecule has 0 N–H and O–H groups in total. The summed E-state index contributed by atoms with van der Waals surface area (Å²) in [5.74, 6) is 0.719. The second kappa shape index (κ2) is 7.36. The molecule has 1 atom stereocenters. The van der Waals surface area contributed by atoms with Crippen molar-refractivity contribution in [3.05, 3.63) is 24.3 Å². The summed E-state index contributed by atoms with van der Waals surface area (Å²) in [5.41, 5.74) is 0.457. The minimum atomic E-state index is 0.0181. The number of hydrogen-bond acceptors (Lipinski definition) is 5. The van der Waals surface area contributed by atoms with E-state index in [4.69, 9.17) is 0 Å². The summed E-state index contributed by atoms with van der Waals surface area (Å²) < 4.78 is 0. The van der Waals surface area contributed by atoms with Gasteiger partial charge in [0.1, 0.15) is 5.69 Å². The fraction of sp³-hybridized carbons (Fsp3) is 0.706. The molecule has 2 aliphatic heterocycles. The third-order valence-corrected chi connectivity index (χ3v) is 5.14. The molecular weight excluding hydrogens is 290 g/mol. The van der Waals surface area contributed by atoms with Gasteiger partial charge in [-0.1, -0.05) is 0 Å². The van der Waals surface area contributed by atoms with Gasteiger partial charge in [0.15, 0.2) is 0 Å². The number of carbonyl (C=O) groups excluding carboxylic acids is 1. The van der Waals surface area contributed by atoms with Gasteiger partial charge in [0, 0.05) is 57.7 Å². The Bertz CT molecular complexity index is 515. The zero-order valence-corrected chi connectivity index (χ0v) is 14.2. The van der Waals surface area contributed by atoms with Crippen molar-refractivity contribution < 1.29 is 4.79 Å². The fourth-order valence-corrected chi connectivity index (χ4v) is 3.67. The van der Waals surface area contributed by atoms with Crippen molar-refractivity contribution in [1.29, 1.82) is 0 Å². The van der Waals surface area contributed by atoms with E-state index in [1.54, 1.807) is 18.6 Å². The van der Waals surface area contributed by atoms with E-state index in [0.717, 1.165) is 45.6 Å². The van der Waals surface area contributed by atoms with E-state index in [0.29, 0.717) is 17.7 Å². The van der Waals surface area contributed by atoms with Crippen LogP contribution in [-0.2, 0) is 0 Å². The molecule has 0 saturated carbocycles. The van der Waals surface area contributed by atoms with Crippen LogP contribution in [0.3, 0.4) is 0 Å². The van der Waals surface area contributed by atoms with Crippen molar-refractivity contribution in [3.8, 4) is 0 Å². The summed E-state index contributed by atoms with van der Waals surface area (Å²) in [6.45, 7) is 8.64. The van der Waals surface area contributed by atoms with Crippen molar-refractivity contribution in [2.45, 2.75) is 25.8 Å². The Morgan fingerprint density at radius 3 is 2.65 bits per heavy atom. The Hall–Kier alpha value is -1.53. The van der Waals surface area contributed by atoms with E-state index in [1.807, 2.05) is 4.90 Å². The maximum absolute atomic E-state index is 12.4. The highest BCUT2D eigenvalue weighted by Gasteiger charge is 2.28. The highest BCUT2D eigenvalue weighted by atomic mass is 16.2. The summed E-state index contributed by atoms with van der Waals surface area (Å²) in [5, 5.41) is 0. The van der Waals surface area contributed by atoms with Crippen LogP contribution in [0.5, 0.6) is 0 Å². The lowest BCUT2D eigenvalue weighted by Gasteiger charge is -2.41. The van der Waals surface area contributed by atoms with E-state index in [-0.39, 0.29) is 5.91 Å². The minimum Gasteiger partial charge on any atom is -0.337 e. The number of aromatic nitrogens is 2. The van der Waals surface area contributed by atoms with Gasteiger partial charge in [-0.15, -0.1) is 0 Å². The van der Waals surface area contributed by atoms with Crippen LogP contribution in [0.1, 0.15) is 30.3 Å². The first-order valence-electron chi connectivity index (χ1n) is 8.61. The lowest BCUT2D eigenvalue weighted by molar-refractivity contribution is 0.0552. The fourth-order valence-electron chi connectivity index (χ4n) is 3.67. The smallest absolute Gasteiger partial charge is 0.274 e. The molecule has 1 aromatic heterocycles. The summed E-state index contributed by atoms with van der Waals surface area (Å²) in [4.78, 5) is 27.4. The number of amides is 1. The summed E-state index contributed by atoms with van der Waals surface area (Å²) >= 11 is 0. The zero-order valence-electron chi connectivity index (χ0n) is 14.2. The van der Waals surface area contributed by atoms with Crippen LogP contribution in [-0.4, -0.2) is 82.9 Å². The molecular formula is C17H27N5O. The third kappa shape index (κ3) is 4.06. The molecule has 1 aromatic rings. The number of rotatable bonds is 3. The monoisotopic (exact) mass is 317 g/mol. The Labute approximate surface area is 138 Å². The molecule has 0 unspecified atom stereocenters. The Balaban J connectivity index is 1.48. The quantitative estimate of drug-likeness (QED) is 0.831. The second-order valence-corrected chi connectivity index (χ2v) is 6.93. The van der Waals surface area contributed by atoms with E-state index in [2.05, 4.69) is 33.7 Å². The molecule has 1 amide bonds. The molecule has 0 aliphatic carbocycles. The van der Waals surface area contributed by atoms with Crippen molar-refractivity contribution in [1.82, 2.24) is 24.7 Å². The van der Waals surface area contributed by atoms with Crippen LogP contribution in [0, 0.1) is 5.92 Å². The van der Waals surface area contributed by atoms with Gasteiger partial charge >= 0.3 is 0 Å². The Kier molecular flexibility index (Phi) is 5.23. The van der Waals surface area contributed by atoms with Crippen LogP contribution in [0.25, 0.3) is 0 Å². The van der Waals surface area contributed by atoms with Gasteiger partial charge in [0.05, 0.1) is 6.20 Å². The number of likely N-dealkylation sites (tertiary alicyclic amines) is 1. The van der Waals surface area contributed by atoms with Gasteiger partial charge in [0.2, 0.25) is 0 Å². The Morgan fingerprint density at radius 1 is 1.22 bits per heavy atom. The van der Waals surface area contributed by atoms with Gasteiger partial charge in [-0.05, 0) is 32.7 Å². The average molecular weight is 317 g/mol. The molecule has 2 saturated heterocycles. The SMILES string of the molecule is C[C@H]1CN(C)CCN1CC1CCN(C(=O)c2cnccn2)CC1. The summed E-state index contributed by atoms with van der Waals surface area (Å²) in [6, 6.07) is 0.632. The molecule has 2 aliphatic rings. The minimum absolute atomic E-state index is 0.0181. The standard InChI is InChI=1S/C17H27N5O/c1-14-12-20(2)9-10-22(14)13-15-3-7-21(8-4-15)17(23)16-11-18-5-6-19-16/h5-6,11,14-15H,3-4,7-10,12-13H2,1-2H3/t14-/m0/s1. The summed E-state index contributed by atoms with van der Waals surface area (Å²) in [7, 11) is 2.20. The van der Waals surface area contributed by atoms with Gasteiger partial charge in [-0.25, -0.2) is 4.98 Å². The Morgan fingerprint density at radius 2 is 2.00 bits per heavy atom. The number of piperazine rings is 1. The molecule has 6 nitrogen and oxygen atoms in total. The largest absolute Gasteiger partial charge is 0.337 e. The maximum atomic E-state index is 12.4. The lowest BCUT2D eigenvalue weighted by Crippen LogP contribution is -2.52. The van der Waals surface area contributed by atoms with Crippen LogP contribution >= 0.6 is 0 Å². The van der Waals surface area contributed by atoms with Crippen molar-refractivity contribution >= 4 is 5.91 Å². The highest BCUT2D eigenvalue weighted by Crippen LogP contribution is 2.21. The van der Waals surface area contributed by atoms with Gasteiger partial charge in [-0.2, -0.15) is 0 Å². The molecule has 3 heterocycles. The van der Waals surface area contributed by atoms with Crippen LogP contribution in [0.4, 0.5) is 0 Å². The van der Waals surface area contributed by atoms with Crippen LogP contribution in [0.2, 0.25) is 0 Å². The predicted octanol–water partition coefficient (Wildman–Crippen LogP) is 0.965. The molecule has 126 valence electrons. The second-order valence-electron chi connectivity index (χ2n) is 6.93. The number of carbonyl (C=O) groups is 1. The molecule has 0 spiro atoms. The summed E-state index contributed by atoms with van der Waals surface area (Å²) in [6.07, 6.45) is 6.91. The average Bonchev–Trinajstić information content (AvgIpc) is 2.58. The van der Waals surface area contributed by atoms with E-state index >= 15 is 0 Å². The van der Waals surface area contributed by atoms with Gasteiger partial charge in [-0.3, -0.25) is 14.7 Å². The maximum Gasteiger partial charge on any atom is 0.274 e. The highest BCUT2D eigenvalue weighted by molar-refractivity contribution is 5.91. The predicted molar refractivity (Wildman–Crippen MR) is 89.2 cm³/mol. The molecule has 6 heteroatoms. The van der Waals surface area contributed by atoms with Gasteiger partial charge < -0.3 is 9.80 Å². The molecule has 2 fully saturated rings. The van der Waals surface area contributed by atoms with E-state index in [1.165, 1.54) is 6.54 Å². The first-order valence-corrected chi connectivity index (χ1v) is 8.61. The number of likely N-dealkylation sites (N-methyl/N-ethyl adjacent to an activating group) is 1. The normalized spacial score (nSPS) is 24.8. The molecule has 3 rings (SSSR count). The number of hydrogen-bond donors (Lipinski definition) is 0.